The van der Waals surface area contributed by atoms with Crippen LogP contribution in [-0.4, -0.2) is 22.5 Å². The topological polar surface area (TPSA) is 65.2 Å². The van der Waals surface area contributed by atoms with Gasteiger partial charge < -0.3 is 9.26 Å². The van der Waals surface area contributed by atoms with E-state index < -0.39 is 24.5 Å². The second-order valence-corrected chi connectivity index (χ2v) is 5.23. The third-order valence-corrected chi connectivity index (χ3v) is 3.40. The minimum atomic E-state index is -4.76. The van der Waals surface area contributed by atoms with E-state index in [-0.39, 0.29) is 28.3 Å². The number of carbonyl (C=O) groups excluding carboxylic acids is 1. The van der Waals surface area contributed by atoms with Crippen LogP contribution in [0.15, 0.2) is 53.1 Å². The van der Waals surface area contributed by atoms with Crippen LogP contribution in [0.25, 0.3) is 11.4 Å². The standard InChI is InChI=1S/C17H9F5N2O3/c18-16(19)26-12-3-1-2-11(8-12)13(25)9-4-6-10(7-5-9)14-23-15(27-24-14)17(20,21)22/h1-8,16H. The van der Waals surface area contributed by atoms with Gasteiger partial charge in [0.05, 0.1) is 0 Å². The Balaban J connectivity index is 1.81. The Morgan fingerprint density at radius 3 is 2.33 bits per heavy atom. The molecule has 0 aliphatic heterocycles. The number of aromatic nitrogens is 2. The van der Waals surface area contributed by atoms with Crippen LogP contribution in [0.5, 0.6) is 5.75 Å². The molecule has 0 atom stereocenters. The summed E-state index contributed by atoms with van der Waals surface area (Å²) >= 11 is 0. The summed E-state index contributed by atoms with van der Waals surface area (Å²) in [6, 6.07) is 10.6. The van der Waals surface area contributed by atoms with Crippen LogP contribution in [0.4, 0.5) is 22.0 Å². The van der Waals surface area contributed by atoms with Gasteiger partial charge in [0.25, 0.3) is 0 Å². The molecule has 0 fully saturated rings. The minimum absolute atomic E-state index is 0.111. The van der Waals surface area contributed by atoms with Gasteiger partial charge in [0.15, 0.2) is 5.78 Å². The molecule has 3 aromatic rings. The van der Waals surface area contributed by atoms with E-state index in [0.717, 1.165) is 6.07 Å². The van der Waals surface area contributed by atoms with Crippen molar-refractivity contribution in [1.29, 1.82) is 0 Å². The number of rotatable bonds is 5. The van der Waals surface area contributed by atoms with E-state index in [9.17, 15) is 26.7 Å². The molecule has 5 nitrogen and oxygen atoms in total. The van der Waals surface area contributed by atoms with Gasteiger partial charge in [0.2, 0.25) is 5.82 Å². The van der Waals surface area contributed by atoms with Gasteiger partial charge in [-0.2, -0.15) is 26.9 Å². The second kappa shape index (κ2) is 7.14. The number of ketones is 1. The molecule has 0 unspecified atom stereocenters. The summed E-state index contributed by atoms with van der Waals surface area (Å²) in [5, 5.41) is 3.25. The lowest BCUT2D eigenvalue weighted by Crippen LogP contribution is -2.05. The summed E-state index contributed by atoms with van der Waals surface area (Å²) in [6.45, 7) is -3.02. The lowest BCUT2D eigenvalue weighted by atomic mass is 10.0. The highest BCUT2D eigenvalue weighted by Crippen LogP contribution is 2.29. The Bertz CT molecular complexity index is 952. The molecule has 0 radical (unpaired) electrons. The van der Waals surface area contributed by atoms with Crippen LogP contribution in [0.2, 0.25) is 0 Å². The highest BCUT2D eigenvalue weighted by atomic mass is 19.4. The number of benzene rings is 2. The molecule has 140 valence electrons. The number of hydrogen-bond acceptors (Lipinski definition) is 5. The molecular formula is C17H9F5N2O3. The maximum absolute atomic E-state index is 12.5. The van der Waals surface area contributed by atoms with Gasteiger partial charge >= 0.3 is 18.7 Å². The molecule has 0 saturated carbocycles. The summed E-state index contributed by atoms with van der Waals surface area (Å²) in [5.74, 6) is -2.41. The van der Waals surface area contributed by atoms with E-state index in [1.54, 1.807) is 0 Å². The summed E-state index contributed by atoms with van der Waals surface area (Å²) in [5.41, 5.74) is 0.507. The molecule has 10 heteroatoms. The Kier molecular flexibility index (Phi) is 4.89. The maximum atomic E-state index is 12.5. The van der Waals surface area contributed by atoms with Crippen LogP contribution < -0.4 is 4.74 Å². The van der Waals surface area contributed by atoms with Gasteiger partial charge in [-0.3, -0.25) is 4.79 Å². The molecular weight excluding hydrogens is 375 g/mol. The molecule has 2 aromatic carbocycles. The van der Waals surface area contributed by atoms with E-state index in [4.69, 9.17) is 0 Å². The van der Waals surface area contributed by atoms with Crippen LogP contribution in [0, 0.1) is 0 Å². The van der Waals surface area contributed by atoms with E-state index in [2.05, 4.69) is 19.4 Å². The molecule has 1 aromatic heterocycles. The Hall–Kier alpha value is -3.30. The zero-order valence-electron chi connectivity index (χ0n) is 13.2. The van der Waals surface area contributed by atoms with Crippen molar-refractivity contribution < 1.29 is 36.0 Å². The van der Waals surface area contributed by atoms with Crippen LogP contribution in [0.3, 0.4) is 0 Å². The van der Waals surface area contributed by atoms with E-state index in [0.29, 0.717) is 0 Å². The monoisotopic (exact) mass is 384 g/mol. The third-order valence-electron chi connectivity index (χ3n) is 3.40. The van der Waals surface area contributed by atoms with Gasteiger partial charge in [0.1, 0.15) is 5.75 Å². The lowest BCUT2D eigenvalue weighted by Gasteiger charge is -2.06. The number of alkyl halides is 5. The first kappa shape index (κ1) is 18.5. The lowest BCUT2D eigenvalue weighted by molar-refractivity contribution is -0.159. The molecule has 0 bridgehead atoms. The summed E-state index contributed by atoms with van der Waals surface area (Å²) in [6.07, 6.45) is -4.76. The smallest absolute Gasteiger partial charge is 0.435 e. The normalized spacial score (nSPS) is 11.6. The first-order valence-corrected chi connectivity index (χ1v) is 7.35. The fourth-order valence-electron chi connectivity index (χ4n) is 2.21. The quantitative estimate of drug-likeness (QED) is 0.476. The summed E-state index contributed by atoms with van der Waals surface area (Å²) in [4.78, 5) is 15.7. The average molecular weight is 384 g/mol. The van der Waals surface area contributed by atoms with E-state index >= 15 is 0 Å². The van der Waals surface area contributed by atoms with Crippen molar-refractivity contribution in [3.63, 3.8) is 0 Å². The third kappa shape index (κ3) is 4.27. The van der Waals surface area contributed by atoms with Crippen molar-refractivity contribution in [1.82, 2.24) is 10.1 Å². The van der Waals surface area contributed by atoms with Crippen molar-refractivity contribution in [3.8, 4) is 17.1 Å². The number of hydrogen-bond donors (Lipinski definition) is 0. The first-order chi connectivity index (χ1) is 12.7. The van der Waals surface area contributed by atoms with E-state index in [1.165, 1.54) is 42.5 Å². The Morgan fingerprint density at radius 2 is 1.74 bits per heavy atom. The Morgan fingerprint density at radius 1 is 1.04 bits per heavy atom. The van der Waals surface area contributed by atoms with Crippen molar-refractivity contribution >= 4 is 5.78 Å². The highest BCUT2D eigenvalue weighted by Gasteiger charge is 2.38. The largest absolute Gasteiger partial charge is 0.471 e. The molecule has 0 N–H and O–H groups in total. The first-order valence-electron chi connectivity index (χ1n) is 7.35. The summed E-state index contributed by atoms with van der Waals surface area (Å²) < 4.78 is 70.4. The van der Waals surface area contributed by atoms with Crippen molar-refractivity contribution in [2.45, 2.75) is 12.8 Å². The van der Waals surface area contributed by atoms with Gasteiger partial charge in [-0.05, 0) is 12.1 Å². The van der Waals surface area contributed by atoms with Gasteiger partial charge in [-0.15, -0.1) is 0 Å². The molecule has 0 aliphatic rings. The SMILES string of the molecule is O=C(c1ccc(-c2noc(C(F)(F)F)n2)cc1)c1cccc(OC(F)F)c1. The number of halogens is 5. The molecule has 0 amide bonds. The Labute approximate surface area is 148 Å². The van der Waals surface area contributed by atoms with Crippen molar-refractivity contribution in [2.75, 3.05) is 0 Å². The predicted molar refractivity (Wildman–Crippen MR) is 81.2 cm³/mol. The van der Waals surface area contributed by atoms with Crippen LogP contribution >= 0.6 is 0 Å². The minimum Gasteiger partial charge on any atom is -0.435 e. The van der Waals surface area contributed by atoms with Gasteiger partial charge in [-0.1, -0.05) is 41.6 Å². The number of ether oxygens (including phenoxy) is 1. The predicted octanol–water partition coefficient (Wildman–Crippen LogP) is 4.59. The highest BCUT2D eigenvalue weighted by molar-refractivity contribution is 6.09. The van der Waals surface area contributed by atoms with Gasteiger partial charge in [0, 0.05) is 16.7 Å². The fourth-order valence-corrected chi connectivity index (χ4v) is 2.21. The van der Waals surface area contributed by atoms with Crippen LogP contribution in [-0.2, 0) is 6.18 Å². The maximum Gasteiger partial charge on any atom is 0.471 e. The van der Waals surface area contributed by atoms with Crippen molar-refractivity contribution in [2.24, 2.45) is 0 Å². The zero-order valence-corrected chi connectivity index (χ0v) is 13.2. The average Bonchev–Trinajstić information content (AvgIpc) is 3.11. The zero-order chi connectivity index (χ0) is 19.6. The molecule has 27 heavy (non-hydrogen) atoms. The number of nitrogens with zero attached hydrogens (tertiary/aromatic N) is 2. The van der Waals surface area contributed by atoms with E-state index in [1.807, 2.05) is 0 Å². The fraction of sp³-hybridized carbons (Fsp3) is 0.118. The summed E-state index contributed by atoms with van der Waals surface area (Å²) in [7, 11) is 0. The molecule has 0 saturated heterocycles. The van der Waals surface area contributed by atoms with Crippen molar-refractivity contribution in [3.05, 3.63) is 65.5 Å². The molecule has 0 spiro atoms. The van der Waals surface area contributed by atoms with Crippen LogP contribution in [0.1, 0.15) is 21.8 Å². The number of carbonyl (C=O) groups is 1. The second-order valence-electron chi connectivity index (χ2n) is 5.23. The molecule has 0 aliphatic carbocycles. The molecule has 3 rings (SSSR count). The molecule has 1 heterocycles. The van der Waals surface area contributed by atoms with Gasteiger partial charge in [-0.25, -0.2) is 0 Å².